The van der Waals surface area contributed by atoms with Gasteiger partial charge in [0.25, 0.3) is 0 Å². The third-order valence-electron chi connectivity index (χ3n) is 5.71. The smallest absolute Gasteiger partial charge is 0.222 e. The minimum atomic E-state index is -0.126. The molecule has 0 unspecified atom stereocenters. The molecule has 0 saturated carbocycles. The summed E-state index contributed by atoms with van der Waals surface area (Å²) in [5, 5.41) is 4.81. The van der Waals surface area contributed by atoms with Gasteiger partial charge in [0, 0.05) is 34.4 Å². The number of nitrogens with zero attached hydrogens (tertiary/aromatic N) is 2. The third-order valence-corrected chi connectivity index (χ3v) is 6.24. The molecule has 1 aliphatic heterocycles. The monoisotopic (exact) mass is 448 g/mol. The Labute approximate surface area is 178 Å². The Balaban J connectivity index is 1.66. The van der Waals surface area contributed by atoms with Crippen molar-refractivity contribution in [3.05, 3.63) is 92.8 Å². The molecular formula is C24H21BrN2O2. The molecule has 0 amide bonds. The summed E-state index contributed by atoms with van der Waals surface area (Å²) >= 11 is 3.52. The van der Waals surface area contributed by atoms with Crippen molar-refractivity contribution >= 4 is 21.7 Å². The standard InChI is InChI=1S/C24H21BrN2O2/c1-15-21-22(17-10-12-18(25)13-11-17)23-19(28)8-5-9-20(23)29-24(21)27(26-15)14-16-6-3-2-4-7-16/h2-4,6-7,10-13,22H,5,8-9,14H2,1H3/t22-/m1/s1. The summed E-state index contributed by atoms with van der Waals surface area (Å²) in [6.45, 7) is 2.65. The van der Waals surface area contributed by atoms with Crippen LogP contribution in [0.4, 0.5) is 0 Å². The predicted molar refractivity (Wildman–Crippen MR) is 115 cm³/mol. The highest BCUT2D eigenvalue weighted by Gasteiger charge is 2.40. The van der Waals surface area contributed by atoms with Crippen molar-refractivity contribution in [1.29, 1.82) is 0 Å². The molecule has 5 heteroatoms. The van der Waals surface area contributed by atoms with E-state index < -0.39 is 0 Å². The van der Waals surface area contributed by atoms with Crippen LogP contribution in [-0.4, -0.2) is 15.6 Å². The summed E-state index contributed by atoms with van der Waals surface area (Å²) in [4.78, 5) is 12.9. The quantitative estimate of drug-likeness (QED) is 0.528. The number of ketones is 1. The van der Waals surface area contributed by atoms with E-state index >= 15 is 0 Å². The zero-order valence-electron chi connectivity index (χ0n) is 16.2. The van der Waals surface area contributed by atoms with Crippen LogP contribution in [-0.2, 0) is 11.3 Å². The Morgan fingerprint density at radius 3 is 2.62 bits per heavy atom. The Hall–Kier alpha value is -2.66. The lowest BCUT2D eigenvalue weighted by molar-refractivity contribution is -0.116. The second-order valence-corrected chi connectivity index (χ2v) is 8.56. The molecule has 2 aromatic carbocycles. The zero-order valence-corrected chi connectivity index (χ0v) is 17.8. The van der Waals surface area contributed by atoms with E-state index in [-0.39, 0.29) is 11.7 Å². The normalized spacial score (nSPS) is 18.3. The molecule has 0 saturated heterocycles. The van der Waals surface area contributed by atoms with Gasteiger partial charge in [0.1, 0.15) is 5.76 Å². The predicted octanol–water partition coefficient (Wildman–Crippen LogP) is 5.53. The van der Waals surface area contributed by atoms with Crippen molar-refractivity contribution in [1.82, 2.24) is 9.78 Å². The second-order valence-electron chi connectivity index (χ2n) is 7.65. The van der Waals surface area contributed by atoms with Gasteiger partial charge in [-0.3, -0.25) is 4.79 Å². The molecule has 3 aromatic rings. The molecule has 146 valence electrons. The molecular weight excluding hydrogens is 428 g/mol. The van der Waals surface area contributed by atoms with E-state index in [1.807, 2.05) is 41.9 Å². The van der Waals surface area contributed by atoms with E-state index in [0.717, 1.165) is 51.3 Å². The lowest BCUT2D eigenvalue weighted by Gasteiger charge is -2.31. The minimum Gasteiger partial charge on any atom is -0.443 e. The van der Waals surface area contributed by atoms with E-state index in [1.54, 1.807) is 0 Å². The molecule has 1 atom stereocenters. The first-order valence-electron chi connectivity index (χ1n) is 9.92. The van der Waals surface area contributed by atoms with Crippen LogP contribution in [0.2, 0.25) is 0 Å². The Kier molecular flexibility index (Phi) is 4.63. The molecule has 5 rings (SSSR count). The van der Waals surface area contributed by atoms with Crippen LogP contribution in [0.5, 0.6) is 5.88 Å². The van der Waals surface area contributed by atoms with Gasteiger partial charge in [-0.1, -0.05) is 58.4 Å². The number of fused-ring (bicyclic) bond motifs is 1. The van der Waals surface area contributed by atoms with Crippen molar-refractivity contribution in [3.8, 4) is 5.88 Å². The van der Waals surface area contributed by atoms with Crippen LogP contribution in [0.1, 0.15) is 47.6 Å². The molecule has 1 aromatic heterocycles. The first-order chi connectivity index (χ1) is 14.1. The maximum Gasteiger partial charge on any atom is 0.222 e. The Bertz CT molecular complexity index is 1110. The van der Waals surface area contributed by atoms with Gasteiger partial charge < -0.3 is 4.74 Å². The fraction of sp³-hybridized carbons (Fsp3) is 0.250. The lowest BCUT2D eigenvalue weighted by Crippen LogP contribution is -2.26. The van der Waals surface area contributed by atoms with Gasteiger partial charge in [-0.2, -0.15) is 5.10 Å². The molecule has 2 heterocycles. The third kappa shape index (κ3) is 3.23. The van der Waals surface area contributed by atoms with Crippen molar-refractivity contribution < 1.29 is 9.53 Å². The van der Waals surface area contributed by atoms with Gasteiger partial charge in [0.2, 0.25) is 5.88 Å². The summed E-state index contributed by atoms with van der Waals surface area (Å²) in [7, 11) is 0. The van der Waals surface area contributed by atoms with Crippen molar-refractivity contribution in [2.75, 3.05) is 0 Å². The molecule has 2 aliphatic rings. The van der Waals surface area contributed by atoms with E-state index in [1.165, 1.54) is 5.56 Å². The summed E-state index contributed by atoms with van der Waals surface area (Å²) in [6, 6.07) is 18.5. The van der Waals surface area contributed by atoms with Gasteiger partial charge in [0.15, 0.2) is 5.78 Å². The van der Waals surface area contributed by atoms with E-state index in [2.05, 4.69) is 40.2 Å². The fourth-order valence-electron chi connectivity index (χ4n) is 4.39. The Morgan fingerprint density at radius 1 is 1.10 bits per heavy atom. The number of rotatable bonds is 3. The highest BCUT2D eigenvalue weighted by Crippen LogP contribution is 2.48. The molecule has 0 bridgehead atoms. The Morgan fingerprint density at radius 2 is 1.86 bits per heavy atom. The van der Waals surface area contributed by atoms with Crippen molar-refractivity contribution in [2.24, 2.45) is 0 Å². The zero-order chi connectivity index (χ0) is 20.0. The number of carbonyl (C=O) groups is 1. The number of allylic oxidation sites excluding steroid dienone is 2. The summed E-state index contributed by atoms with van der Waals surface area (Å²) in [5.74, 6) is 1.66. The van der Waals surface area contributed by atoms with Gasteiger partial charge in [0.05, 0.1) is 12.2 Å². The molecule has 1 aliphatic carbocycles. The first-order valence-corrected chi connectivity index (χ1v) is 10.7. The second kappa shape index (κ2) is 7.30. The number of aryl methyl sites for hydroxylation is 1. The maximum absolute atomic E-state index is 12.9. The highest BCUT2D eigenvalue weighted by atomic mass is 79.9. The van der Waals surface area contributed by atoms with Crippen molar-refractivity contribution in [2.45, 2.75) is 38.6 Å². The number of benzene rings is 2. The largest absolute Gasteiger partial charge is 0.443 e. The number of ether oxygens (including phenoxy) is 1. The molecule has 0 N–H and O–H groups in total. The summed E-state index contributed by atoms with van der Waals surface area (Å²) in [5.41, 5.74) is 5.00. The van der Waals surface area contributed by atoms with Crippen LogP contribution in [0, 0.1) is 6.92 Å². The number of hydrogen-bond acceptors (Lipinski definition) is 3. The number of carbonyl (C=O) groups excluding carboxylic acids is 1. The van der Waals surface area contributed by atoms with Crippen LogP contribution in [0.15, 0.2) is 70.4 Å². The number of aromatic nitrogens is 2. The SMILES string of the molecule is Cc1nn(Cc2ccccc2)c2c1[C@@H](c1ccc(Br)cc1)C1=C(CCCC1=O)O2. The maximum atomic E-state index is 12.9. The van der Waals surface area contributed by atoms with E-state index in [0.29, 0.717) is 13.0 Å². The summed E-state index contributed by atoms with van der Waals surface area (Å²) in [6.07, 6.45) is 2.22. The number of Topliss-reactive ketones (excluding diaryl/α,β-unsaturated/α-hetero) is 1. The topological polar surface area (TPSA) is 44.1 Å². The van der Waals surface area contributed by atoms with Crippen LogP contribution in [0.25, 0.3) is 0 Å². The molecule has 0 spiro atoms. The number of hydrogen-bond donors (Lipinski definition) is 0. The van der Waals surface area contributed by atoms with Gasteiger partial charge in [-0.05, 0) is 36.6 Å². The van der Waals surface area contributed by atoms with Crippen molar-refractivity contribution in [3.63, 3.8) is 0 Å². The fourth-order valence-corrected chi connectivity index (χ4v) is 4.65. The van der Waals surface area contributed by atoms with E-state index in [4.69, 9.17) is 9.84 Å². The number of halogens is 1. The average Bonchev–Trinajstić information content (AvgIpc) is 3.03. The minimum absolute atomic E-state index is 0.126. The molecule has 4 nitrogen and oxygen atoms in total. The van der Waals surface area contributed by atoms with Gasteiger partial charge >= 0.3 is 0 Å². The lowest BCUT2D eigenvalue weighted by atomic mass is 9.77. The van der Waals surface area contributed by atoms with Gasteiger partial charge in [-0.25, -0.2) is 4.68 Å². The molecule has 0 radical (unpaired) electrons. The summed E-state index contributed by atoms with van der Waals surface area (Å²) < 4.78 is 9.32. The highest BCUT2D eigenvalue weighted by molar-refractivity contribution is 9.10. The molecule has 29 heavy (non-hydrogen) atoms. The molecule has 0 fully saturated rings. The average molecular weight is 449 g/mol. The first kappa shape index (κ1) is 18.4. The van der Waals surface area contributed by atoms with Crippen LogP contribution >= 0.6 is 15.9 Å². The van der Waals surface area contributed by atoms with Gasteiger partial charge in [-0.15, -0.1) is 0 Å². The van der Waals surface area contributed by atoms with Crippen LogP contribution < -0.4 is 4.74 Å². The van der Waals surface area contributed by atoms with E-state index in [9.17, 15) is 4.79 Å². The van der Waals surface area contributed by atoms with Crippen LogP contribution in [0.3, 0.4) is 0 Å².